The number of anilines is 1. The molecule has 1 aromatic rings. The van der Waals surface area contributed by atoms with E-state index in [-0.39, 0.29) is 0 Å². The summed E-state index contributed by atoms with van der Waals surface area (Å²) >= 11 is 1.77. The molecule has 0 radical (unpaired) electrons. The third kappa shape index (κ3) is 2.67. The Morgan fingerprint density at radius 2 is 2.15 bits per heavy atom. The number of nitrogens with zero attached hydrogens (tertiary/aromatic N) is 2. The number of aryl methyl sites for hydroxylation is 2. The summed E-state index contributed by atoms with van der Waals surface area (Å²) in [7, 11) is 4.04. The lowest BCUT2D eigenvalue weighted by Gasteiger charge is -2.05. The third-order valence-corrected chi connectivity index (χ3v) is 3.26. The molecule has 1 rings (SSSR count). The molecule has 3 nitrogen and oxygen atoms in total. The van der Waals surface area contributed by atoms with Crippen LogP contribution in [0.4, 0.5) is 5.13 Å². The molecule has 1 heterocycles. The molecule has 0 saturated carbocycles. The van der Waals surface area contributed by atoms with Gasteiger partial charge in [0.25, 0.3) is 0 Å². The fraction of sp³-hybridized carbons (Fsp3) is 0.667. The van der Waals surface area contributed by atoms with Crippen LogP contribution >= 0.6 is 11.3 Å². The van der Waals surface area contributed by atoms with E-state index in [9.17, 15) is 0 Å². The van der Waals surface area contributed by atoms with E-state index in [0.29, 0.717) is 0 Å². The van der Waals surface area contributed by atoms with Gasteiger partial charge < -0.3 is 10.6 Å². The fourth-order valence-corrected chi connectivity index (χ4v) is 2.12. The van der Waals surface area contributed by atoms with Crippen LogP contribution in [0.15, 0.2) is 0 Å². The molecule has 0 bridgehead atoms. The summed E-state index contributed by atoms with van der Waals surface area (Å²) in [5, 5.41) is 1.09. The van der Waals surface area contributed by atoms with Crippen LogP contribution in [-0.2, 0) is 6.42 Å². The SMILES string of the molecule is Cc1nc(N(C)C)sc1CCCN. The van der Waals surface area contributed by atoms with Crippen LogP contribution in [0, 0.1) is 6.92 Å². The van der Waals surface area contributed by atoms with Gasteiger partial charge in [0.15, 0.2) is 5.13 Å². The second-order valence-electron chi connectivity index (χ2n) is 3.29. The quantitative estimate of drug-likeness (QED) is 0.797. The van der Waals surface area contributed by atoms with Gasteiger partial charge in [-0.3, -0.25) is 0 Å². The van der Waals surface area contributed by atoms with Gasteiger partial charge in [0.05, 0.1) is 5.69 Å². The molecular formula is C9H17N3S. The molecule has 13 heavy (non-hydrogen) atoms. The summed E-state index contributed by atoms with van der Waals surface area (Å²) in [4.78, 5) is 7.88. The molecule has 0 atom stereocenters. The maximum absolute atomic E-state index is 5.47. The first-order valence-corrected chi connectivity index (χ1v) is 5.30. The Hall–Kier alpha value is -0.610. The van der Waals surface area contributed by atoms with Crippen molar-refractivity contribution in [3.8, 4) is 0 Å². The van der Waals surface area contributed by atoms with Gasteiger partial charge in [0, 0.05) is 19.0 Å². The Kier molecular flexibility index (Phi) is 3.69. The van der Waals surface area contributed by atoms with Gasteiger partial charge in [-0.15, -0.1) is 11.3 Å². The molecule has 0 aliphatic rings. The highest BCUT2D eigenvalue weighted by molar-refractivity contribution is 7.15. The number of hydrogen-bond acceptors (Lipinski definition) is 4. The van der Waals surface area contributed by atoms with E-state index in [2.05, 4.69) is 11.9 Å². The Bertz CT molecular complexity index is 268. The second kappa shape index (κ2) is 4.58. The third-order valence-electron chi connectivity index (χ3n) is 1.87. The van der Waals surface area contributed by atoms with E-state index in [1.54, 1.807) is 11.3 Å². The first-order valence-electron chi connectivity index (χ1n) is 4.49. The zero-order valence-electron chi connectivity index (χ0n) is 8.50. The number of aromatic nitrogens is 1. The molecule has 0 aliphatic heterocycles. The minimum Gasteiger partial charge on any atom is -0.354 e. The molecule has 74 valence electrons. The molecule has 4 heteroatoms. The van der Waals surface area contributed by atoms with E-state index in [4.69, 9.17) is 5.73 Å². The lowest BCUT2D eigenvalue weighted by molar-refractivity contribution is 0.836. The zero-order valence-corrected chi connectivity index (χ0v) is 9.32. The van der Waals surface area contributed by atoms with Crippen LogP contribution < -0.4 is 10.6 Å². The van der Waals surface area contributed by atoms with Crippen molar-refractivity contribution in [2.45, 2.75) is 19.8 Å². The van der Waals surface area contributed by atoms with Crippen molar-refractivity contribution in [2.24, 2.45) is 5.73 Å². The Morgan fingerprint density at radius 1 is 1.46 bits per heavy atom. The topological polar surface area (TPSA) is 42.2 Å². The molecule has 0 amide bonds. The summed E-state index contributed by atoms with van der Waals surface area (Å²) in [5.74, 6) is 0. The Balaban J connectivity index is 2.71. The molecule has 0 aromatic carbocycles. The van der Waals surface area contributed by atoms with Gasteiger partial charge >= 0.3 is 0 Å². The molecule has 2 N–H and O–H groups in total. The molecule has 0 aliphatic carbocycles. The largest absolute Gasteiger partial charge is 0.354 e. The van der Waals surface area contributed by atoms with Crippen LogP contribution in [0.2, 0.25) is 0 Å². The average molecular weight is 199 g/mol. The minimum atomic E-state index is 0.759. The molecule has 1 aromatic heterocycles. The molecule has 0 saturated heterocycles. The van der Waals surface area contributed by atoms with Gasteiger partial charge in [-0.1, -0.05) is 0 Å². The van der Waals surface area contributed by atoms with E-state index in [1.165, 1.54) is 4.88 Å². The molecular weight excluding hydrogens is 182 g/mol. The number of nitrogens with two attached hydrogens (primary N) is 1. The number of rotatable bonds is 4. The van der Waals surface area contributed by atoms with E-state index in [1.807, 2.05) is 19.0 Å². The minimum absolute atomic E-state index is 0.759. The number of hydrogen-bond donors (Lipinski definition) is 1. The van der Waals surface area contributed by atoms with Gasteiger partial charge in [0.2, 0.25) is 0 Å². The lowest BCUT2D eigenvalue weighted by atomic mass is 10.2. The van der Waals surface area contributed by atoms with Crippen molar-refractivity contribution < 1.29 is 0 Å². The van der Waals surface area contributed by atoms with Gasteiger partial charge in [-0.25, -0.2) is 4.98 Å². The highest BCUT2D eigenvalue weighted by Crippen LogP contribution is 2.25. The van der Waals surface area contributed by atoms with Crippen LogP contribution in [0.5, 0.6) is 0 Å². The summed E-state index contributed by atoms with van der Waals surface area (Å²) in [6, 6.07) is 0. The van der Waals surface area contributed by atoms with Crippen molar-refractivity contribution in [2.75, 3.05) is 25.5 Å². The Morgan fingerprint density at radius 3 is 2.62 bits per heavy atom. The first kappa shape index (κ1) is 10.5. The van der Waals surface area contributed by atoms with Gasteiger partial charge in [0.1, 0.15) is 0 Å². The smallest absolute Gasteiger partial charge is 0.185 e. The van der Waals surface area contributed by atoms with Gasteiger partial charge in [-0.2, -0.15) is 0 Å². The maximum atomic E-state index is 5.47. The van der Waals surface area contributed by atoms with E-state index < -0.39 is 0 Å². The van der Waals surface area contributed by atoms with Crippen molar-refractivity contribution in [3.05, 3.63) is 10.6 Å². The summed E-state index contributed by atoms with van der Waals surface area (Å²) < 4.78 is 0. The van der Waals surface area contributed by atoms with Crippen molar-refractivity contribution in [3.63, 3.8) is 0 Å². The predicted octanol–water partition coefficient (Wildman–Crippen LogP) is 1.41. The number of thiazole rings is 1. The van der Waals surface area contributed by atoms with Crippen molar-refractivity contribution >= 4 is 16.5 Å². The summed E-state index contributed by atoms with van der Waals surface area (Å²) in [6.07, 6.45) is 2.11. The summed E-state index contributed by atoms with van der Waals surface area (Å²) in [6.45, 7) is 2.82. The highest BCUT2D eigenvalue weighted by Gasteiger charge is 2.07. The van der Waals surface area contributed by atoms with E-state index >= 15 is 0 Å². The monoisotopic (exact) mass is 199 g/mol. The van der Waals surface area contributed by atoms with Crippen molar-refractivity contribution in [1.82, 2.24) is 4.98 Å². The van der Waals surface area contributed by atoms with Crippen LogP contribution in [0.1, 0.15) is 17.0 Å². The van der Waals surface area contributed by atoms with Crippen LogP contribution in [0.25, 0.3) is 0 Å². The Labute approximate surface area is 83.6 Å². The van der Waals surface area contributed by atoms with Crippen LogP contribution in [-0.4, -0.2) is 25.6 Å². The lowest BCUT2D eigenvalue weighted by Crippen LogP contribution is -2.07. The van der Waals surface area contributed by atoms with Gasteiger partial charge in [-0.05, 0) is 26.3 Å². The zero-order chi connectivity index (χ0) is 9.84. The van der Waals surface area contributed by atoms with Crippen molar-refractivity contribution in [1.29, 1.82) is 0 Å². The molecule has 0 fully saturated rings. The average Bonchev–Trinajstić information content (AvgIpc) is 2.44. The molecule has 0 spiro atoms. The van der Waals surface area contributed by atoms with Crippen LogP contribution in [0.3, 0.4) is 0 Å². The maximum Gasteiger partial charge on any atom is 0.185 e. The second-order valence-corrected chi connectivity index (χ2v) is 4.35. The standard InChI is InChI=1S/C9H17N3S/c1-7-8(5-4-6-10)13-9(11-7)12(2)3/h4-6,10H2,1-3H3. The summed E-state index contributed by atoms with van der Waals surface area (Å²) in [5.41, 5.74) is 6.62. The molecule has 0 unspecified atom stereocenters. The van der Waals surface area contributed by atoms with E-state index in [0.717, 1.165) is 30.2 Å². The predicted molar refractivity (Wildman–Crippen MR) is 58.6 cm³/mol. The first-order chi connectivity index (χ1) is 6.15. The normalized spacial score (nSPS) is 10.5. The highest BCUT2D eigenvalue weighted by atomic mass is 32.1. The fourth-order valence-electron chi connectivity index (χ4n) is 1.10.